The molecule has 0 aliphatic carbocycles. The number of rotatable bonds is 4. The second-order valence-electron chi connectivity index (χ2n) is 4.38. The van der Waals surface area contributed by atoms with E-state index in [4.69, 9.17) is 11.6 Å². The lowest BCUT2D eigenvalue weighted by Crippen LogP contribution is -2.02. The SMILES string of the molecule is Fc1cc(Cl)cc(CNc2ccc(-n3cncn3)nc2)c1. The van der Waals surface area contributed by atoms with E-state index in [9.17, 15) is 4.39 Å². The van der Waals surface area contributed by atoms with Crippen molar-refractivity contribution in [3.05, 3.63) is 65.6 Å². The van der Waals surface area contributed by atoms with Gasteiger partial charge in [0.1, 0.15) is 18.5 Å². The van der Waals surface area contributed by atoms with E-state index in [0.29, 0.717) is 17.4 Å². The quantitative estimate of drug-likeness (QED) is 0.805. The van der Waals surface area contributed by atoms with E-state index in [-0.39, 0.29) is 5.82 Å². The van der Waals surface area contributed by atoms with Gasteiger partial charge < -0.3 is 5.32 Å². The molecule has 0 fully saturated rings. The summed E-state index contributed by atoms with van der Waals surface area (Å²) >= 11 is 5.81. The number of nitrogens with zero attached hydrogens (tertiary/aromatic N) is 4. The Kier molecular flexibility index (Phi) is 3.79. The highest BCUT2D eigenvalue weighted by molar-refractivity contribution is 6.30. The molecule has 0 spiro atoms. The topological polar surface area (TPSA) is 55.6 Å². The number of hydrogen-bond acceptors (Lipinski definition) is 4. The molecular weight excluding hydrogens is 293 g/mol. The largest absolute Gasteiger partial charge is 0.380 e. The molecule has 2 heterocycles. The van der Waals surface area contributed by atoms with Gasteiger partial charge in [-0.25, -0.2) is 19.0 Å². The van der Waals surface area contributed by atoms with Crippen molar-refractivity contribution in [2.45, 2.75) is 6.54 Å². The number of benzene rings is 1. The summed E-state index contributed by atoms with van der Waals surface area (Å²) in [6.07, 6.45) is 4.70. The summed E-state index contributed by atoms with van der Waals surface area (Å²) in [5.41, 5.74) is 1.58. The lowest BCUT2D eigenvalue weighted by Gasteiger charge is -2.07. The van der Waals surface area contributed by atoms with Crippen LogP contribution in [-0.2, 0) is 6.54 Å². The second kappa shape index (κ2) is 5.88. The number of nitrogens with one attached hydrogen (secondary N) is 1. The van der Waals surface area contributed by atoms with E-state index in [1.807, 2.05) is 12.1 Å². The van der Waals surface area contributed by atoms with Gasteiger partial charge in [0.2, 0.25) is 0 Å². The molecule has 0 bridgehead atoms. The molecule has 0 aliphatic heterocycles. The molecule has 1 aromatic carbocycles. The van der Waals surface area contributed by atoms with Crippen molar-refractivity contribution in [3.63, 3.8) is 0 Å². The van der Waals surface area contributed by atoms with Crippen LogP contribution in [0.5, 0.6) is 0 Å². The van der Waals surface area contributed by atoms with Crippen LogP contribution in [0.3, 0.4) is 0 Å². The van der Waals surface area contributed by atoms with Crippen LogP contribution in [0.4, 0.5) is 10.1 Å². The monoisotopic (exact) mass is 303 g/mol. The van der Waals surface area contributed by atoms with Crippen LogP contribution in [-0.4, -0.2) is 19.7 Å². The average Bonchev–Trinajstić information content (AvgIpc) is 2.99. The molecule has 3 rings (SSSR count). The van der Waals surface area contributed by atoms with Crippen molar-refractivity contribution in [1.29, 1.82) is 0 Å². The fourth-order valence-corrected chi connectivity index (χ4v) is 2.11. The minimum Gasteiger partial charge on any atom is -0.380 e. The molecule has 0 amide bonds. The van der Waals surface area contributed by atoms with E-state index < -0.39 is 0 Å². The summed E-state index contributed by atoms with van der Waals surface area (Å²) < 4.78 is 14.8. The highest BCUT2D eigenvalue weighted by Gasteiger charge is 2.01. The highest BCUT2D eigenvalue weighted by atomic mass is 35.5. The predicted molar refractivity (Wildman–Crippen MR) is 77.9 cm³/mol. The van der Waals surface area contributed by atoms with Gasteiger partial charge in [0.15, 0.2) is 5.82 Å². The molecule has 7 heteroatoms. The Morgan fingerprint density at radius 3 is 2.81 bits per heavy atom. The molecular formula is C14H11ClFN5. The minimum atomic E-state index is -0.348. The average molecular weight is 304 g/mol. The van der Waals surface area contributed by atoms with Crippen molar-refractivity contribution in [2.24, 2.45) is 0 Å². The van der Waals surface area contributed by atoms with Crippen LogP contribution in [0.2, 0.25) is 5.02 Å². The molecule has 0 unspecified atom stereocenters. The summed E-state index contributed by atoms with van der Waals surface area (Å²) in [6.45, 7) is 0.460. The first-order chi connectivity index (χ1) is 10.2. The minimum absolute atomic E-state index is 0.348. The van der Waals surface area contributed by atoms with E-state index >= 15 is 0 Å². The summed E-state index contributed by atoms with van der Waals surface area (Å²) in [6, 6.07) is 8.12. The van der Waals surface area contributed by atoms with Crippen LogP contribution < -0.4 is 5.32 Å². The zero-order chi connectivity index (χ0) is 14.7. The second-order valence-corrected chi connectivity index (χ2v) is 4.81. The Morgan fingerprint density at radius 1 is 1.24 bits per heavy atom. The number of anilines is 1. The Bertz CT molecular complexity index is 707. The molecule has 5 nitrogen and oxygen atoms in total. The molecule has 0 saturated heterocycles. The van der Waals surface area contributed by atoms with Gasteiger partial charge in [0.05, 0.1) is 11.9 Å². The van der Waals surface area contributed by atoms with E-state index in [1.54, 1.807) is 23.3 Å². The summed E-state index contributed by atoms with van der Waals surface area (Å²) in [4.78, 5) is 8.13. The van der Waals surface area contributed by atoms with Gasteiger partial charge >= 0.3 is 0 Å². The lowest BCUT2D eigenvalue weighted by atomic mass is 10.2. The van der Waals surface area contributed by atoms with Crippen LogP contribution in [0.25, 0.3) is 5.82 Å². The van der Waals surface area contributed by atoms with Gasteiger partial charge in [-0.2, -0.15) is 5.10 Å². The number of pyridine rings is 1. The zero-order valence-corrected chi connectivity index (χ0v) is 11.6. The van der Waals surface area contributed by atoms with Gasteiger partial charge in [0, 0.05) is 11.6 Å². The first-order valence-corrected chi connectivity index (χ1v) is 6.58. The molecule has 106 valence electrons. The van der Waals surface area contributed by atoms with Gasteiger partial charge in [-0.15, -0.1) is 0 Å². The predicted octanol–water partition coefficient (Wildman–Crippen LogP) is 3.07. The molecule has 0 saturated carbocycles. The molecule has 0 aliphatic rings. The van der Waals surface area contributed by atoms with Crippen molar-refractivity contribution in [2.75, 3.05) is 5.32 Å². The van der Waals surface area contributed by atoms with Crippen LogP contribution in [0, 0.1) is 5.82 Å². The molecule has 2 aromatic heterocycles. The van der Waals surface area contributed by atoms with Crippen LogP contribution >= 0.6 is 11.6 Å². The fourth-order valence-electron chi connectivity index (χ4n) is 1.87. The van der Waals surface area contributed by atoms with Crippen molar-refractivity contribution in [3.8, 4) is 5.82 Å². The normalized spacial score (nSPS) is 10.6. The Morgan fingerprint density at radius 2 is 2.14 bits per heavy atom. The Balaban J connectivity index is 1.68. The van der Waals surface area contributed by atoms with Gasteiger partial charge in [0.25, 0.3) is 0 Å². The molecule has 3 aromatic rings. The van der Waals surface area contributed by atoms with Crippen molar-refractivity contribution < 1.29 is 4.39 Å². The van der Waals surface area contributed by atoms with Crippen molar-refractivity contribution in [1.82, 2.24) is 19.7 Å². The number of halogens is 2. The number of hydrogen-bond donors (Lipinski definition) is 1. The maximum Gasteiger partial charge on any atom is 0.155 e. The third-order valence-electron chi connectivity index (χ3n) is 2.82. The maximum absolute atomic E-state index is 13.2. The summed E-state index contributed by atoms with van der Waals surface area (Å²) in [5.74, 6) is 0.325. The highest BCUT2D eigenvalue weighted by Crippen LogP contribution is 2.16. The molecule has 1 N–H and O–H groups in total. The first kappa shape index (κ1) is 13.5. The summed E-state index contributed by atoms with van der Waals surface area (Å²) in [7, 11) is 0. The van der Waals surface area contributed by atoms with Crippen LogP contribution in [0.15, 0.2) is 49.2 Å². The van der Waals surface area contributed by atoms with Gasteiger partial charge in [-0.1, -0.05) is 11.6 Å². The smallest absolute Gasteiger partial charge is 0.155 e. The van der Waals surface area contributed by atoms with Crippen molar-refractivity contribution >= 4 is 17.3 Å². The van der Waals surface area contributed by atoms with Gasteiger partial charge in [-0.3, -0.25) is 0 Å². The molecule has 21 heavy (non-hydrogen) atoms. The Labute approximate surface area is 125 Å². The van der Waals surface area contributed by atoms with Gasteiger partial charge in [-0.05, 0) is 35.9 Å². The molecule has 0 radical (unpaired) electrons. The fraction of sp³-hybridized carbons (Fsp3) is 0.0714. The maximum atomic E-state index is 13.2. The van der Waals surface area contributed by atoms with E-state index in [2.05, 4.69) is 20.4 Å². The molecule has 0 atom stereocenters. The zero-order valence-electron chi connectivity index (χ0n) is 10.9. The lowest BCUT2D eigenvalue weighted by molar-refractivity contribution is 0.626. The standard InChI is InChI=1S/C14H11ClFN5/c15-11-3-10(4-12(16)5-11)6-18-13-1-2-14(19-7-13)21-9-17-8-20-21/h1-5,7-9,18H,6H2. The van der Waals surface area contributed by atoms with Crippen LogP contribution in [0.1, 0.15) is 5.56 Å². The first-order valence-electron chi connectivity index (χ1n) is 6.20. The summed E-state index contributed by atoms with van der Waals surface area (Å²) in [5, 5.41) is 7.53. The third-order valence-corrected chi connectivity index (χ3v) is 3.04. The van der Waals surface area contributed by atoms with E-state index in [1.165, 1.54) is 18.5 Å². The van der Waals surface area contributed by atoms with E-state index in [0.717, 1.165) is 11.3 Å². The third kappa shape index (κ3) is 3.35. The number of aromatic nitrogens is 4. The Hall–Kier alpha value is -2.47.